The maximum absolute atomic E-state index is 9.21. The first-order valence-electron chi connectivity index (χ1n) is 9.42. The topological polar surface area (TPSA) is 59.9 Å². The van der Waals surface area contributed by atoms with Crippen LogP contribution < -0.4 is 10.6 Å². The van der Waals surface area contributed by atoms with Crippen molar-refractivity contribution < 1.29 is 5.11 Å². The van der Waals surface area contributed by atoms with E-state index in [1.165, 1.54) is 6.42 Å². The molecule has 0 aromatic carbocycles. The number of halogens is 1. The Hall–Kier alpha value is -0.0800. The Morgan fingerprint density at radius 2 is 1.83 bits per heavy atom. The molecule has 146 valence electrons. The third kappa shape index (κ3) is 14.3. The van der Waals surface area contributed by atoms with E-state index in [-0.39, 0.29) is 30.6 Å². The average molecular weight is 456 g/mol. The predicted molar refractivity (Wildman–Crippen MR) is 116 cm³/mol. The van der Waals surface area contributed by atoms with E-state index < -0.39 is 0 Å². The van der Waals surface area contributed by atoms with Gasteiger partial charge in [-0.15, -0.1) is 24.0 Å². The fourth-order valence-electron chi connectivity index (χ4n) is 2.77. The number of hydrogen-bond acceptors (Lipinski definition) is 3. The van der Waals surface area contributed by atoms with Crippen molar-refractivity contribution in [3.63, 3.8) is 0 Å². The van der Waals surface area contributed by atoms with Crippen molar-refractivity contribution in [3.05, 3.63) is 0 Å². The maximum atomic E-state index is 9.21. The molecule has 0 saturated heterocycles. The van der Waals surface area contributed by atoms with Gasteiger partial charge in [-0.05, 0) is 51.1 Å². The molecule has 0 aliphatic carbocycles. The van der Waals surface area contributed by atoms with Crippen LogP contribution in [0.5, 0.6) is 0 Å². The Morgan fingerprint density at radius 1 is 1.12 bits per heavy atom. The highest BCUT2D eigenvalue weighted by atomic mass is 127. The molecule has 0 rings (SSSR count). The van der Waals surface area contributed by atoms with Gasteiger partial charge in [0.25, 0.3) is 0 Å². The van der Waals surface area contributed by atoms with Gasteiger partial charge in [0.05, 0.1) is 0 Å². The van der Waals surface area contributed by atoms with Crippen LogP contribution in [0.1, 0.15) is 53.9 Å². The molecule has 0 aliphatic heterocycles. The normalized spacial score (nSPS) is 13.1. The third-order valence-electron chi connectivity index (χ3n) is 3.90. The maximum Gasteiger partial charge on any atom is 0.191 e. The highest BCUT2D eigenvalue weighted by molar-refractivity contribution is 14.0. The largest absolute Gasteiger partial charge is 0.396 e. The smallest absolute Gasteiger partial charge is 0.191 e. The van der Waals surface area contributed by atoms with Crippen molar-refractivity contribution in [1.82, 2.24) is 15.5 Å². The van der Waals surface area contributed by atoms with Crippen LogP contribution in [0.15, 0.2) is 4.99 Å². The van der Waals surface area contributed by atoms with Crippen LogP contribution in [0, 0.1) is 11.8 Å². The average Bonchev–Trinajstić information content (AvgIpc) is 2.51. The monoisotopic (exact) mass is 456 g/mol. The summed E-state index contributed by atoms with van der Waals surface area (Å²) in [4.78, 5) is 7.17. The van der Waals surface area contributed by atoms with E-state index in [2.05, 4.69) is 50.2 Å². The number of nitrogens with one attached hydrogen (secondary N) is 2. The van der Waals surface area contributed by atoms with Crippen molar-refractivity contribution >= 4 is 29.9 Å². The summed E-state index contributed by atoms with van der Waals surface area (Å²) in [6.45, 7) is 17.1. The number of hydrogen-bond donors (Lipinski definition) is 3. The van der Waals surface area contributed by atoms with Crippen molar-refractivity contribution in [1.29, 1.82) is 0 Å². The minimum absolute atomic E-state index is 0. The molecular formula is C18H41IN4O. The summed E-state index contributed by atoms with van der Waals surface area (Å²) in [5.41, 5.74) is 0. The molecule has 0 aliphatic rings. The molecule has 0 aromatic rings. The van der Waals surface area contributed by atoms with Crippen LogP contribution in [0.2, 0.25) is 0 Å². The van der Waals surface area contributed by atoms with Gasteiger partial charge >= 0.3 is 0 Å². The fourth-order valence-corrected chi connectivity index (χ4v) is 2.77. The van der Waals surface area contributed by atoms with E-state index in [0.717, 1.165) is 58.1 Å². The number of rotatable bonds is 13. The van der Waals surface area contributed by atoms with Gasteiger partial charge in [0, 0.05) is 32.8 Å². The quantitative estimate of drug-likeness (QED) is 0.227. The summed E-state index contributed by atoms with van der Waals surface area (Å²) in [6.07, 6.45) is 3.14. The van der Waals surface area contributed by atoms with Crippen LogP contribution in [0.3, 0.4) is 0 Å². The molecule has 1 unspecified atom stereocenters. The number of guanidine groups is 1. The Bertz CT molecular complexity index is 301. The molecule has 0 spiro atoms. The molecule has 0 aromatic heterocycles. The van der Waals surface area contributed by atoms with Crippen molar-refractivity contribution in [2.75, 3.05) is 45.9 Å². The molecule has 0 radical (unpaired) electrons. The number of aliphatic hydroxyl groups is 1. The van der Waals surface area contributed by atoms with Crippen LogP contribution in [-0.2, 0) is 0 Å². The predicted octanol–water partition coefficient (Wildman–Crippen LogP) is 2.94. The molecule has 0 fully saturated rings. The minimum Gasteiger partial charge on any atom is -0.396 e. The van der Waals surface area contributed by atoms with Crippen LogP contribution in [-0.4, -0.2) is 61.8 Å². The molecule has 24 heavy (non-hydrogen) atoms. The number of aliphatic imine (C=N–C) groups is 1. The first kappa shape index (κ1) is 26.2. The zero-order chi connectivity index (χ0) is 17.5. The van der Waals surface area contributed by atoms with Gasteiger partial charge in [-0.2, -0.15) is 0 Å². The second kappa shape index (κ2) is 17.7. The number of aliphatic hydroxyl groups excluding tert-OH is 1. The highest BCUT2D eigenvalue weighted by Gasteiger charge is 2.10. The molecule has 0 amide bonds. The van der Waals surface area contributed by atoms with Crippen LogP contribution in [0.25, 0.3) is 0 Å². The lowest BCUT2D eigenvalue weighted by Crippen LogP contribution is -2.42. The Morgan fingerprint density at radius 3 is 2.33 bits per heavy atom. The summed E-state index contributed by atoms with van der Waals surface area (Å²) >= 11 is 0. The number of likely N-dealkylation sites (N-methyl/N-ethyl adjacent to an activating group) is 1. The van der Waals surface area contributed by atoms with Gasteiger partial charge in [-0.1, -0.05) is 27.7 Å². The molecule has 1 atom stereocenters. The molecular weight excluding hydrogens is 415 g/mol. The van der Waals surface area contributed by atoms with Gasteiger partial charge in [0.15, 0.2) is 5.96 Å². The SMILES string of the molecule is CCCN(CC)CCNC(=NCC(CCO)CC(C)C)NCC.I. The van der Waals surface area contributed by atoms with Crippen molar-refractivity contribution in [3.8, 4) is 0 Å². The van der Waals surface area contributed by atoms with Crippen molar-refractivity contribution in [2.24, 2.45) is 16.8 Å². The van der Waals surface area contributed by atoms with Crippen LogP contribution in [0.4, 0.5) is 0 Å². The summed E-state index contributed by atoms with van der Waals surface area (Å²) < 4.78 is 0. The highest BCUT2D eigenvalue weighted by Crippen LogP contribution is 2.15. The summed E-state index contributed by atoms with van der Waals surface area (Å²) in [5, 5.41) is 16.0. The van der Waals surface area contributed by atoms with E-state index in [1.54, 1.807) is 0 Å². The minimum atomic E-state index is 0. The molecule has 0 saturated carbocycles. The third-order valence-corrected chi connectivity index (χ3v) is 3.90. The fraction of sp³-hybridized carbons (Fsp3) is 0.944. The summed E-state index contributed by atoms with van der Waals surface area (Å²) in [5.74, 6) is 2.00. The Kier molecular flexibility index (Phi) is 19.3. The van der Waals surface area contributed by atoms with E-state index >= 15 is 0 Å². The molecule has 6 heteroatoms. The van der Waals surface area contributed by atoms with E-state index in [9.17, 15) is 5.11 Å². The van der Waals surface area contributed by atoms with Gasteiger partial charge in [0.2, 0.25) is 0 Å². The van der Waals surface area contributed by atoms with Crippen LogP contribution >= 0.6 is 24.0 Å². The van der Waals surface area contributed by atoms with E-state index in [4.69, 9.17) is 4.99 Å². The molecule has 5 nitrogen and oxygen atoms in total. The van der Waals surface area contributed by atoms with E-state index in [0.29, 0.717) is 11.8 Å². The first-order valence-corrected chi connectivity index (χ1v) is 9.42. The molecule has 0 bridgehead atoms. The molecule has 3 N–H and O–H groups in total. The lowest BCUT2D eigenvalue weighted by Gasteiger charge is -2.21. The lowest BCUT2D eigenvalue weighted by atomic mass is 9.94. The van der Waals surface area contributed by atoms with Gasteiger partial charge in [-0.25, -0.2) is 0 Å². The zero-order valence-electron chi connectivity index (χ0n) is 16.5. The van der Waals surface area contributed by atoms with E-state index in [1.807, 2.05) is 0 Å². The van der Waals surface area contributed by atoms with Gasteiger partial charge in [0.1, 0.15) is 0 Å². The first-order chi connectivity index (χ1) is 11.1. The Balaban J connectivity index is 0. The van der Waals surface area contributed by atoms with Gasteiger partial charge in [-0.3, -0.25) is 4.99 Å². The number of nitrogens with zero attached hydrogens (tertiary/aromatic N) is 2. The lowest BCUT2D eigenvalue weighted by molar-refractivity contribution is 0.245. The second-order valence-electron chi connectivity index (χ2n) is 6.59. The van der Waals surface area contributed by atoms with Crippen molar-refractivity contribution in [2.45, 2.75) is 53.9 Å². The second-order valence-corrected chi connectivity index (χ2v) is 6.59. The summed E-state index contributed by atoms with van der Waals surface area (Å²) in [7, 11) is 0. The summed E-state index contributed by atoms with van der Waals surface area (Å²) in [6, 6.07) is 0. The van der Waals surface area contributed by atoms with Gasteiger partial charge < -0.3 is 20.6 Å². The zero-order valence-corrected chi connectivity index (χ0v) is 18.8. The Labute approximate surface area is 167 Å². The standard InChI is InChI=1S/C18H40N4O.HI/c1-6-11-22(8-3)12-10-20-18(19-7-2)21-15-17(9-13-23)14-16(4)5;/h16-17,23H,6-15H2,1-5H3,(H2,19,20,21);1H. The molecule has 0 heterocycles.